The summed E-state index contributed by atoms with van der Waals surface area (Å²) in [5, 5.41) is 0. The molecule has 0 spiro atoms. The Balaban J connectivity index is 1.73. The largest absolute Gasteiger partial charge is 0.460 e. The van der Waals surface area contributed by atoms with Gasteiger partial charge < -0.3 is 14.2 Å². The van der Waals surface area contributed by atoms with Crippen molar-refractivity contribution in [3.8, 4) is 0 Å². The van der Waals surface area contributed by atoms with Crippen LogP contribution in [0.1, 0.15) is 58.2 Å². The Labute approximate surface area is 254 Å². The molecule has 1 aliphatic rings. The Morgan fingerprint density at radius 2 is 0.791 bits per heavy atom. The summed E-state index contributed by atoms with van der Waals surface area (Å²) in [7, 11) is 0. The zero-order chi connectivity index (χ0) is 31.2. The summed E-state index contributed by atoms with van der Waals surface area (Å²) in [6.45, 7) is 11.5. The molecule has 1 heterocycles. The predicted molar refractivity (Wildman–Crippen MR) is 163 cm³/mol. The Bertz CT molecular complexity index is 1290. The lowest BCUT2D eigenvalue weighted by atomic mass is 9.99. The first kappa shape index (κ1) is 31.9. The third-order valence-electron chi connectivity index (χ3n) is 7.34. The fourth-order valence-corrected chi connectivity index (χ4v) is 5.45. The van der Waals surface area contributed by atoms with Crippen molar-refractivity contribution < 1.29 is 28.6 Å². The van der Waals surface area contributed by atoms with Crippen LogP contribution in [0.2, 0.25) is 0 Å². The molecule has 1 saturated heterocycles. The summed E-state index contributed by atoms with van der Waals surface area (Å²) in [5.74, 6) is -1.80. The minimum atomic E-state index is -1.14. The Hall–Kier alpha value is -4.01. The standard InChI is InChI=1S/C35H42N2O6/c1-34(2,3)36-28(31(38)41-22-25-16-10-7-11-17-25)29(32(39)42-23-26-18-12-8-13-19-26)37(35(4,5)6)30(36)33(40)43-24-27-20-14-9-15-21-27/h7-21,28-30H,22-24H2,1-6H3. The molecular weight excluding hydrogens is 544 g/mol. The van der Waals surface area contributed by atoms with E-state index < -0.39 is 47.2 Å². The van der Waals surface area contributed by atoms with Crippen molar-refractivity contribution in [2.45, 2.75) is 90.7 Å². The fourth-order valence-electron chi connectivity index (χ4n) is 5.45. The molecule has 3 aromatic rings. The van der Waals surface area contributed by atoms with Gasteiger partial charge in [-0.25, -0.2) is 4.79 Å². The van der Waals surface area contributed by atoms with Gasteiger partial charge in [0.25, 0.3) is 0 Å². The van der Waals surface area contributed by atoms with Gasteiger partial charge in [-0.1, -0.05) is 91.0 Å². The summed E-state index contributed by atoms with van der Waals surface area (Å²) in [4.78, 5) is 45.6. The van der Waals surface area contributed by atoms with Gasteiger partial charge in [0.15, 0.2) is 6.17 Å². The van der Waals surface area contributed by atoms with Crippen molar-refractivity contribution in [1.82, 2.24) is 9.80 Å². The maximum absolute atomic E-state index is 14.0. The SMILES string of the molecule is CC(C)(C)N1C(C(=O)OCc2ccccc2)C(C(=O)OCc2ccccc2)N(C(C)(C)C)C1C(=O)OCc1ccccc1. The van der Waals surface area contributed by atoms with Crippen LogP contribution >= 0.6 is 0 Å². The zero-order valence-electron chi connectivity index (χ0n) is 25.9. The molecule has 0 radical (unpaired) electrons. The van der Waals surface area contributed by atoms with Crippen LogP contribution < -0.4 is 0 Å². The molecule has 0 N–H and O–H groups in total. The van der Waals surface area contributed by atoms with Crippen LogP contribution in [-0.2, 0) is 48.4 Å². The molecule has 2 atom stereocenters. The highest BCUT2D eigenvalue weighted by molar-refractivity contribution is 5.91. The number of ether oxygens (including phenoxy) is 3. The van der Waals surface area contributed by atoms with Gasteiger partial charge in [-0.15, -0.1) is 0 Å². The summed E-state index contributed by atoms with van der Waals surface area (Å²) < 4.78 is 17.5. The molecule has 8 nitrogen and oxygen atoms in total. The van der Waals surface area contributed by atoms with Gasteiger partial charge in [0.2, 0.25) is 0 Å². The molecule has 8 heteroatoms. The van der Waals surface area contributed by atoms with Gasteiger partial charge in [0, 0.05) is 11.1 Å². The molecule has 3 aromatic carbocycles. The lowest BCUT2D eigenvalue weighted by Gasteiger charge is -2.42. The van der Waals surface area contributed by atoms with Crippen LogP contribution in [-0.4, -0.2) is 57.0 Å². The Morgan fingerprint density at radius 1 is 0.512 bits per heavy atom. The van der Waals surface area contributed by atoms with Crippen molar-refractivity contribution in [2.24, 2.45) is 0 Å². The first-order chi connectivity index (χ1) is 20.4. The van der Waals surface area contributed by atoms with Gasteiger partial charge in [-0.05, 0) is 58.2 Å². The van der Waals surface area contributed by atoms with E-state index in [1.807, 2.05) is 133 Å². The normalized spacial score (nSPS) is 19.5. The second-order valence-electron chi connectivity index (χ2n) is 12.7. The predicted octanol–water partition coefficient (Wildman–Crippen LogP) is 5.49. The van der Waals surface area contributed by atoms with E-state index in [1.54, 1.807) is 9.80 Å². The van der Waals surface area contributed by atoms with E-state index in [0.717, 1.165) is 16.7 Å². The maximum Gasteiger partial charge on any atom is 0.338 e. The second-order valence-corrected chi connectivity index (χ2v) is 12.7. The lowest BCUT2D eigenvalue weighted by Crippen LogP contribution is -2.59. The van der Waals surface area contributed by atoms with Crippen molar-refractivity contribution in [2.75, 3.05) is 0 Å². The zero-order valence-corrected chi connectivity index (χ0v) is 25.9. The third-order valence-corrected chi connectivity index (χ3v) is 7.34. The van der Waals surface area contributed by atoms with Crippen molar-refractivity contribution in [1.29, 1.82) is 0 Å². The van der Waals surface area contributed by atoms with Gasteiger partial charge in [-0.2, -0.15) is 0 Å². The molecule has 1 aliphatic heterocycles. The average Bonchev–Trinajstić information content (AvgIpc) is 3.37. The Kier molecular flexibility index (Phi) is 10.0. The van der Waals surface area contributed by atoms with E-state index in [0.29, 0.717) is 0 Å². The molecule has 0 aromatic heterocycles. The summed E-state index contributed by atoms with van der Waals surface area (Å²) in [6.07, 6.45) is -1.06. The minimum absolute atomic E-state index is 0.0264. The number of rotatable bonds is 9. The van der Waals surface area contributed by atoms with Crippen molar-refractivity contribution >= 4 is 17.9 Å². The molecule has 4 rings (SSSR count). The summed E-state index contributed by atoms with van der Waals surface area (Å²) in [6, 6.07) is 25.8. The van der Waals surface area contributed by atoms with E-state index in [1.165, 1.54) is 0 Å². The number of hydrogen-bond acceptors (Lipinski definition) is 8. The molecule has 0 aliphatic carbocycles. The smallest absolute Gasteiger partial charge is 0.338 e. The molecular formula is C35H42N2O6. The van der Waals surface area contributed by atoms with E-state index in [2.05, 4.69) is 0 Å². The average molecular weight is 587 g/mol. The van der Waals surface area contributed by atoms with E-state index in [9.17, 15) is 14.4 Å². The molecule has 43 heavy (non-hydrogen) atoms. The molecule has 2 unspecified atom stereocenters. The maximum atomic E-state index is 14.0. The highest BCUT2D eigenvalue weighted by Gasteiger charge is 2.63. The van der Waals surface area contributed by atoms with Crippen LogP contribution in [0.25, 0.3) is 0 Å². The first-order valence-electron chi connectivity index (χ1n) is 14.6. The number of carbonyl (C=O) groups excluding carboxylic acids is 3. The van der Waals surface area contributed by atoms with Crippen molar-refractivity contribution in [3.05, 3.63) is 108 Å². The quantitative estimate of drug-likeness (QED) is 0.240. The molecule has 0 bridgehead atoms. The van der Waals surface area contributed by atoms with Crippen LogP contribution in [0.3, 0.4) is 0 Å². The fraction of sp³-hybridized carbons (Fsp3) is 0.400. The minimum Gasteiger partial charge on any atom is -0.460 e. The first-order valence-corrected chi connectivity index (χ1v) is 14.6. The van der Waals surface area contributed by atoms with Gasteiger partial charge in [0.1, 0.15) is 31.9 Å². The van der Waals surface area contributed by atoms with Gasteiger partial charge >= 0.3 is 17.9 Å². The summed E-state index contributed by atoms with van der Waals surface area (Å²) in [5.41, 5.74) is 0.961. The van der Waals surface area contributed by atoms with Gasteiger partial charge in [0.05, 0.1) is 0 Å². The molecule has 1 fully saturated rings. The number of esters is 3. The highest BCUT2D eigenvalue weighted by atomic mass is 16.6. The molecule has 228 valence electrons. The number of nitrogens with zero attached hydrogens (tertiary/aromatic N) is 2. The third kappa shape index (κ3) is 7.89. The van der Waals surface area contributed by atoms with Crippen molar-refractivity contribution in [3.63, 3.8) is 0 Å². The second kappa shape index (κ2) is 13.5. The lowest BCUT2D eigenvalue weighted by molar-refractivity contribution is -0.165. The topological polar surface area (TPSA) is 85.4 Å². The van der Waals surface area contributed by atoms with Crippen LogP contribution in [0.5, 0.6) is 0 Å². The van der Waals surface area contributed by atoms with E-state index in [4.69, 9.17) is 14.2 Å². The highest BCUT2D eigenvalue weighted by Crippen LogP contribution is 2.40. The van der Waals surface area contributed by atoms with Crippen LogP contribution in [0.15, 0.2) is 91.0 Å². The number of benzene rings is 3. The van der Waals surface area contributed by atoms with Crippen LogP contribution in [0, 0.1) is 0 Å². The van der Waals surface area contributed by atoms with E-state index >= 15 is 0 Å². The van der Waals surface area contributed by atoms with E-state index in [-0.39, 0.29) is 19.8 Å². The number of carbonyl (C=O) groups is 3. The van der Waals surface area contributed by atoms with Crippen LogP contribution in [0.4, 0.5) is 0 Å². The summed E-state index contributed by atoms with van der Waals surface area (Å²) >= 11 is 0. The Morgan fingerprint density at radius 3 is 1.07 bits per heavy atom. The van der Waals surface area contributed by atoms with Gasteiger partial charge in [-0.3, -0.25) is 19.4 Å². The molecule has 0 saturated carbocycles. The monoisotopic (exact) mass is 586 g/mol. The number of hydrogen-bond donors (Lipinski definition) is 0. The molecule has 0 amide bonds.